The highest BCUT2D eigenvalue weighted by Gasteiger charge is 2.47. The molecule has 8 aromatic rings. The van der Waals surface area contributed by atoms with Gasteiger partial charge in [-0.25, -0.2) is 0 Å². The Kier molecular flexibility index (Phi) is 6.29. The summed E-state index contributed by atoms with van der Waals surface area (Å²) in [6.45, 7) is 2.33. The zero-order valence-corrected chi connectivity index (χ0v) is 27.8. The van der Waals surface area contributed by atoms with Crippen molar-refractivity contribution in [2.24, 2.45) is 0 Å². The third-order valence-corrected chi connectivity index (χ3v) is 11.3. The quantitative estimate of drug-likeness (QED) is 0.186. The van der Waals surface area contributed by atoms with Gasteiger partial charge in [-0.05, 0) is 68.3 Å². The molecule has 0 bridgehead atoms. The molecule has 50 heavy (non-hydrogen) atoms. The SMILES string of the molecule is CC1(c2ccccc2)c2ccccc2Oc2c(-c3ccc(C4(c5ccccc5)c5ccccc5-c5ccc6ccccc6c54)cc3)cccc21. The Hall–Kier alpha value is -6.18. The number of benzene rings is 8. The first-order valence-electron chi connectivity index (χ1n) is 17.4. The first-order valence-corrected chi connectivity index (χ1v) is 17.4. The lowest BCUT2D eigenvalue weighted by Crippen LogP contribution is -2.29. The second-order valence-electron chi connectivity index (χ2n) is 13.7. The van der Waals surface area contributed by atoms with Gasteiger partial charge in [-0.2, -0.15) is 0 Å². The molecule has 1 aliphatic heterocycles. The first-order chi connectivity index (χ1) is 24.7. The molecule has 1 nitrogen and oxygen atoms in total. The number of para-hydroxylation sites is 2. The minimum Gasteiger partial charge on any atom is -0.456 e. The summed E-state index contributed by atoms with van der Waals surface area (Å²) < 4.78 is 6.84. The molecule has 0 N–H and O–H groups in total. The molecule has 0 amide bonds. The van der Waals surface area contributed by atoms with Crippen molar-refractivity contribution in [1.82, 2.24) is 0 Å². The highest BCUT2D eigenvalue weighted by atomic mass is 16.5. The van der Waals surface area contributed by atoms with Gasteiger partial charge in [-0.15, -0.1) is 0 Å². The van der Waals surface area contributed by atoms with E-state index < -0.39 is 5.41 Å². The van der Waals surface area contributed by atoms with Crippen molar-refractivity contribution in [2.45, 2.75) is 17.8 Å². The predicted molar refractivity (Wildman–Crippen MR) is 205 cm³/mol. The van der Waals surface area contributed by atoms with Crippen molar-refractivity contribution in [1.29, 1.82) is 0 Å². The Labute approximate surface area is 293 Å². The summed E-state index contributed by atoms with van der Waals surface area (Å²) in [4.78, 5) is 0. The Morgan fingerprint density at radius 1 is 0.400 bits per heavy atom. The standard InChI is InChI=1S/C49H34O/c1-48(35-16-4-2-5-17-35)43-24-12-13-26-45(43)50-47-39(22-14-25-44(47)48)34-27-30-37(31-28-34)49(36-18-6-3-7-19-36)42-23-11-10-21-40(42)41-32-29-33-15-8-9-20-38(33)46(41)49/h2-32H,1H3. The van der Waals surface area contributed by atoms with Crippen LogP contribution in [-0.4, -0.2) is 0 Å². The normalized spacial score (nSPS) is 18.4. The Morgan fingerprint density at radius 3 is 1.80 bits per heavy atom. The first kappa shape index (κ1) is 28.8. The average Bonchev–Trinajstić information content (AvgIpc) is 3.50. The molecule has 1 heteroatoms. The van der Waals surface area contributed by atoms with Crippen molar-refractivity contribution >= 4 is 10.8 Å². The monoisotopic (exact) mass is 638 g/mol. The summed E-state index contributed by atoms with van der Waals surface area (Å²) in [5.41, 5.74) is 12.8. The molecule has 2 atom stereocenters. The van der Waals surface area contributed by atoms with Gasteiger partial charge in [0.25, 0.3) is 0 Å². The van der Waals surface area contributed by atoms with Crippen LogP contribution in [0.4, 0.5) is 0 Å². The molecule has 8 aromatic carbocycles. The highest BCUT2D eigenvalue weighted by Crippen LogP contribution is 2.59. The maximum Gasteiger partial charge on any atom is 0.139 e. The number of rotatable bonds is 4. The average molecular weight is 639 g/mol. The molecule has 0 spiro atoms. The minimum atomic E-state index is -0.482. The molecule has 2 unspecified atom stereocenters. The van der Waals surface area contributed by atoms with E-state index in [1.54, 1.807) is 0 Å². The zero-order chi connectivity index (χ0) is 33.3. The lowest BCUT2D eigenvalue weighted by molar-refractivity contribution is 0.429. The van der Waals surface area contributed by atoms with Crippen molar-refractivity contribution in [3.05, 3.63) is 227 Å². The van der Waals surface area contributed by atoms with Crippen LogP contribution in [0.3, 0.4) is 0 Å². The Morgan fingerprint density at radius 2 is 1.00 bits per heavy atom. The van der Waals surface area contributed by atoms with Crippen molar-refractivity contribution in [2.75, 3.05) is 0 Å². The van der Waals surface area contributed by atoms with Crippen molar-refractivity contribution < 1.29 is 4.74 Å². The summed E-state index contributed by atoms with van der Waals surface area (Å²) in [5, 5.41) is 2.55. The van der Waals surface area contributed by atoms with Crippen LogP contribution in [0.1, 0.15) is 45.9 Å². The molecule has 0 radical (unpaired) electrons. The molecule has 1 aliphatic carbocycles. The van der Waals surface area contributed by atoms with E-state index in [1.165, 1.54) is 60.8 Å². The van der Waals surface area contributed by atoms with Crippen LogP contribution < -0.4 is 4.74 Å². The molecule has 236 valence electrons. The van der Waals surface area contributed by atoms with Crippen molar-refractivity contribution in [3.63, 3.8) is 0 Å². The Balaban J connectivity index is 1.20. The lowest BCUT2D eigenvalue weighted by atomic mass is 9.66. The fourth-order valence-electron chi connectivity index (χ4n) is 9.01. The van der Waals surface area contributed by atoms with E-state index in [-0.39, 0.29) is 5.41 Å². The van der Waals surface area contributed by atoms with Gasteiger partial charge in [0.2, 0.25) is 0 Å². The number of hydrogen-bond acceptors (Lipinski definition) is 1. The molecule has 0 fully saturated rings. The fraction of sp³-hybridized carbons (Fsp3) is 0.0612. The van der Waals surface area contributed by atoms with Crippen LogP contribution in [0.2, 0.25) is 0 Å². The molecular weight excluding hydrogens is 605 g/mol. The molecule has 1 heterocycles. The third-order valence-electron chi connectivity index (χ3n) is 11.3. The molecule has 0 saturated heterocycles. The Bertz CT molecular complexity index is 2570. The topological polar surface area (TPSA) is 9.23 Å². The summed E-state index contributed by atoms with van der Waals surface area (Å²) >= 11 is 0. The van der Waals surface area contributed by atoms with Crippen LogP contribution in [0.15, 0.2) is 188 Å². The predicted octanol–water partition coefficient (Wildman–Crippen LogP) is 12.3. The number of fused-ring (bicyclic) bond motifs is 7. The van der Waals surface area contributed by atoms with Crippen molar-refractivity contribution in [3.8, 4) is 33.8 Å². The van der Waals surface area contributed by atoms with Gasteiger partial charge >= 0.3 is 0 Å². The van der Waals surface area contributed by atoms with Gasteiger partial charge in [0, 0.05) is 22.1 Å². The van der Waals surface area contributed by atoms with Crippen LogP contribution >= 0.6 is 0 Å². The summed E-state index contributed by atoms with van der Waals surface area (Å²) in [5.74, 6) is 1.83. The maximum absolute atomic E-state index is 6.84. The van der Waals surface area contributed by atoms with E-state index in [2.05, 4.69) is 195 Å². The second kappa shape index (κ2) is 10.9. The minimum absolute atomic E-state index is 0.364. The smallest absolute Gasteiger partial charge is 0.139 e. The van der Waals surface area contributed by atoms with E-state index >= 15 is 0 Å². The third kappa shape index (κ3) is 3.89. The summed E-state index contributed by atoms with van der Waals surface area (Å²) in [6, 6.07) is 68.7. The second-order valence-corrected chi connectivity index (χ2v) is 13.7. The van der Waals surface area contributed by atoms with Gasteiger partial charge in [-0.1, -0.05) is 182 Å². The van der Waals surface area contributed by atoms with E-state index in [0.29, 0.717) is 0 Å². The fourth-order valence-corrected chi connectivity index (χ4v) is 9.01. The lowest BCUT2D eigenvalue weighted by Gasteiger charge is -2.39. The van der Waals surface area contributed by atoms with Gasteiger partial charge in [0.1, 0.15) is 11.5 Å². The van der Waals surface area contributed by atoms with Crippen LogP contribution in [0.5, 0.6) is 11.5 Å². The zero-order valence-electron chi connectivity index (χ0n) is 27.8. The van der Waals surface area contributed by atoms with E-state index in [1.807, 2.05) is 0 Å². The molecule has 2 aliphatic rings. The van der Waals surface area contributed by atoms with Crippen LogP contribution in [0, 0.1) is 0 Å². The largest absolute Gasteiger partial charge is 0.456 e. The summed E-state index contributed by atoms with van der Waals surface area (Å²) in [6.07, 6.45) is 0. The number of ether oxygens (including phenoxy) is 1. The molecular formula is C49H34O. The van der Waals surface area contributed by atoms with E-state index in [0.717, 1.165) is 22.6 Å². The van der Waals surface area contributed by atoms with Gasteiger partial charge < -0.3 is 4.74 Å². The van der Waals surface area contributed by atoms with Gasteiger partial charge in [-0.3, -0.25) is 0 Å². The molecule has 0 saturated carbocycles. The van der Waals surface area contributed by atoms with E-state index in [4.69, 9.17) is 4.74 Å². The number of hydrogen-bond donors (Lipinski definition) is 0. The summed E-state index contributed by atoms with van der Waals surface area (Å²) in [7, 11) is 0. The molecule has 0 aromatic heterocycles. The van der Waals surface area contributed by atoms with Gasteiger partial charge in [0.05, 0.1) is 5.41 Å². The van der Waals surface area contributed by atoms with Crippen LogP contribution in [0.25, 0.3) is 33.0 Å². The maximum atomic E-state index is 6.84. The van der Waals surface area contributed by atoms with Gasteiger partial charge in [0.15, 0.2) is 0 Å². The highest BCUT2D eigenvalue weighted by molar-refractivity contribution is 6.00. The molecule has 10 rings (SSSR count). The van der Waals surface area contributed by atoms with E-state index in [9.17, 15) is 0 Å². The van der Waals surface area contributed by atoms with Crippen LogP contribution in [-0.2, 0) is 10.8 Å².